The average Bonchev–Trinajstić information content (AvgIpc) is 2.81. The molecule has 0 radical (unpaired) electrons. The van der Waals surface area contributed by atoms with Crippen LogP contribution in [-0.4, -0.2) is 29.9 Å². The molecule has 1 heterocycles. The van der Waals surface area contributed by atoms with Crippen LogP contribution >= 0.6 is 0 Å². The Morgan fingerprint density at radius 1 is 1.35 bits per heavy atom. The molecule has 17 heavy (non-hydrogen) atoms. The van der Waals surface area contributed by atoms with Crippen LogP contribution in [-0.2, 0) is 4.79 Å². The molecule has 0 aromatic heterocycles. The largest absolute Gasteiger partial charge is 0.325 e. The molecule has 0 saturated carbocycles. The van der Waals surface area contributed by atoms with Crippen molar-refractivity contribution in [2.45, 2.75) is 32.7 Å². The topological polar surface area (TPSA) is 32.3 Å². The second-order valence-corrected chi connectivity index (χ2v) is 4.78. The molecule has 3 nitrogen and oxygen atoms in total. The number of aryl methyl sites for hydroxylation is 1. The Balaban J connectivity index is 1.96. The number of nitrogens with zero attached hydrogens (tertiary/aromatic N) is 1. The van der Waals surface area contributed by atoms with Gasteiger partial charge in [0, 0.05) is 5.69 Å². The molecule has 0 bridgehead atoms. The first-order valence-corrected chi connectivity index (χ1v) is 6.28. The first-order chi connectivity index (χ1) is 8.16. The van der Waals surface area contributed by atoms with Crippen molar-refractivity contribution in [3.05, 3.63) is 29.8 Å². The highest BCUT2D eigenvalue weighted by Gasteiger charge is 2.23. The van der Waals surface area contributed by atoms with E-state index >= 15 is 0 Å². The van der Waals surface area contributed by atoms with Gasteiger partial charge in [0.05, 0.1) is 6.04 Å². The molecule has 1 N–H and O–H groups in total. The van der Waals surface area contributed by atoms with E-state index in [1.165, 1.54) is 12.8 Å². The third-order valence-corrected chi connectivity index (χ3v) is 3.35. The van der Waals surface area contributed by atoms with Crippen LogP contribution in [0.5, 0.6) is 0 Å². The lowest BCUT2D eigenvalue weighted by molar-refractivity contribution is -0.120. The molecule has 1 aromatic carbocycles. The third kappa shape index (κ3) is 3.07. The Morgan fingerprint density at radius 2 is 2.06 bits per heavy atom. The van der Waals surface area contributed by atoms with Crippen LogP contribution < -0.4 is 5.32 Å². The molecule has 0 spiro atoms. The second-order valence-electron chi connectivity index (χ2n) is 4.78. The van der Waals surface area contributed by atoms with Crippen molar-refractivity contribution in [3.63, 3.8) is 0 Å². The van der Waals surface area contributed by atoms with E-state index in [0.29, 0.717) is 0 Å². The van der Waals surface area contributed by atoms with E-state index in [1.54, 1.807) is 0 Å². The van der Waals surface area contributed by atoms with E-state index in [2.05, 4.69) is 10.2 Å². The van der Waals surface area contributed by atoms with Gasteiger partial charge in [0.15, 0.2) is 0 Å². The smallest absolute Gasteiger partial charge is 0.241 e. The highest BCUT2D eigenvalue weighted by atomic mass is 16.2. The number of anilines is 1. The zero-order valence-electron chi connectivity index (χ0n) is 10.6. The average molecular weight is 232 g/mol. The Kier molecular flexibility index (Phi) is 3.79. The molecular weight excluding hydrogens is 212 g/mol. The molecule has 1 amide bonds. The first-order valence-electron chi connectivity index (χ1n) is 6.28. The quantitative estimate of drug-likeness (QED) is 0.868. The summed E-state index contributed by atoms with van der Waals surface area (Å²) in [6.07, 6.45) is 2.42. The zero-order chi connectivity index (χ0) is 12.3. The van der Waals surface area contributed by atoms with Gasteiger partial charge in [-0.1, -0.05) is 12.1 Å². The van der Waals surface area contributed by atoms with Crippen molar-refractivity contribution in [1.29, 1.82) is 0 Å². The van der Waals surface area contributed by atoms with Gasteiger partial charge in [-0.25, -0.2) is 0 Å². The molecular formula is C14H20N2O. The van der Waals surface area contributed by atoms with Gasteiger partial charge in [0.25, 0.3) is 0 Å². The molecule has 1 aliphatic rings. The van der Waals surface area contributed by atoms with Gasteiger partial charge >= 0.3 is 0 Å². The summed E-state index contributed by atoms with van der Waals surface area (Å²) in [6.45, 7) is 6.10. The molecule has 2 rings (SSSR count). The van der Waals surface area contributed by atoms with Gasteiger partial charge in [-0.15, -0.1) is 0 Å². The van der Waals surface area contributed by atoms with Crippen LogP contribution in [0.3, 0.4) is 0 Å². The van der Waals surface area contributed by atoms with Crippen molar-refractivity contribution in [2.24, 2.45) is 0 Å². The molecule has 1 unspecified atom stereocenters. The fraction of sp³-hybridized carbons (Fsp3) is 0.500. The molecule has 0 aliphatic carbocycles. The van der Waals surface area contributed by atoms with Gasteiger partial charge in [0.1, 0.15) is 0 Å². The molecule has 1 fully saturated rings. The minimum atomic E-state index is -0.0296. The monoisotopic (exact) mass is 232 g/mol. The van der Waals surface area contributed by atoms with Crippen molar-refractivity contribution in [1.82, 2.24) is 4.90 Å². The molecule has 92 valence electrons. The minimum Gasteiger partial charge on any atom is -0.325 e. The lowest BCUT2D eigenvalue weighted by Gasteiger charge is -2.22. The van der Waals surface area contributed by atoms with Gasteiger partial charge in [-0.2, -0.15) is 0 Å². The summed E-state index contributed by atoms with van der Waals surface area (Å²) in [4.78, 5) is 14.3. The number of hydrogen-bond acceptors (Lipinski definition) is 2. The fourth-order valence-electron chi connectivity index (χ4n) is 2.26. The Morgan fingerprint density at radius 3 is 2.71 bits per heavy atom. The summed E-state index contributed by atoms with van der Waals surface area (Å²) >= 11 is 0. The number of likely N-dealkylation sites (tertiary alicyclic amines) is 1. The number of rotatable bonds is 3. The molecule has 1 saturated heterocycles. The molecule has 3 heteroatoms. The van der Waals surface area contributed by atoms with Gasteiger partial charge in [-0.05, 0) is 57.5 Å². The lowest BCUT2D eigenvalue weighted by atomic mass is 10.2. The van der Waals surface area contributed by atoms with Crippen molar-refractivity contribution >= 4 is 11.6 Å². The number of carbonyl (C=O) groups is 1. The van der Waals surface area contributed by atoms with Gasteiger partial charge < -0.3 is 5.32 Å². The van der Waals surface area contributed by atoms with Crippen LogP contribution in [0.4, 0.5) is 5.69 Å². The number of carbonyl (C=O) groups excluding carboxylic acids is 1. The van der Waals surface area contributed by atoms with Gasteiger partial charge in [0.2, 0.25) is 5.91 Å². The highest BCUT2D eigenvalue weighted by Crippen LogP contribution is 2.14. The van der Waals surface area contributed by atoms with Crippen molar-refractivity contribution < 1.29 is 4.79 Å². The van der Waals surface area contributed by atoms with Crippen LogP contribution in [0.25, 0.3) is 0 Å². The van der Waals surface area contributed by atoms with E-state index in [0.717, 1.165) is 24.3 Å². The summed E-state index contributed by atoms with van der Waals surface area (Å²) in [6, 6.07) is 7.89. The van der Waals surface area contributed by atoms with E-state index in [-0.39, 0.29) is 11.9 Å². The summed E-state index contributed by atoms with van der Waals surface area (Å²) in [5.41, 5.74) is 2.05. The maximum atomic E-state index is 12.1. The number of hydrogen-bond donors (Lipinski definition) is 1. The number of nitrogens with one attached hydrogen (secondary N) is 1. The van der Waals surface area contributed by atoms with Crippen molar-refractivity contribution in [2.75, 3.05) is 18.4 Å². The van der Waals surface area contributed by atoms with Crippen molar-refractivity contribution in [3.8, 4) is 0 Å². The normalized spacial score (nSPS) is 18.0. The standard InChI is InChI=1S/C14H20N2O/c1-11-6-5-7-13(10-11)15-14(17)12(2)16-8-3-4-9-16/h5-7,10,12H,3-4,8-9H2,1-2H3,(H,15,17). The van der Waals surface area contributed by atoms with E-state index in [1.807, 2.05) is 38.1 Å². The maximum Gasteiger partial charge on any atom is 0.241 e. The van der Waals surface area contributed by atoms with Crippen LogP contribution in [0.15, 0.2) is 24.3 Å². The molecule has 1 atom stereocenters. The fourth-order valence-corrected chi connectivity index (χ4v) is 2.26. The SMILES string of the molecule is Cc1cccc(NC(=O)C(C)N2CCCC2)c1. The number of benzene rings is 1. The van der Waals surface area contributed by atoms with Crippen LogP contribution in [0, 0.1) is 6.92 Å². The second kappa shape index (κ2) is 5.32. The van der Waals surface area contributed by atoms with Gasteiger partial charge in [-0.3, -0.25) is 9.69 Å². The predicted molar refractivity (Wildman–Crippen MR) is 70.1 cm³/mol. The van der Waals surface area contributed by atoms with E-state index in [9.17, 15) is 4.79 Å². The van der Waals surface area contributed by atoms with E-state index < -0.39 is 0 Å². The summed E-state index contributed by atoms with van der Waals surface area (Å²) < 4.78 is 0. The summed E-state index contributed by atoms with van der Waals surface area (Å²) in [5, 5.41) is 2.98. The summed E-state index contributed by atoms with van der Waals surface area (Å²) in [7, 11) is 0. The molecule has 1 aliphatic heterocycles. The Bertz CT molecular complexity index is 397. The zero-order valence-corrected chi connectivity index (χ0v) is 10.6. The first kappa shape index (κ1) is 12.1. The Hall–Kier alpha value is -1.35. The third-order valence-electron chi connectivity index (χ3n) is 3.35. The highest BCUT2D eigenvalue weighted by molar-refractivity contribution is 5.94. The maximum absolute atomic E-state index is 12.1. The van der Waals surface area contributed by atoms with Crippen LogP contribution in [0.1, 0.15) is 25.3 Å². The summed E-state index contributed by atoms with van der Waals surface area (Å²) in [5.74, 6) is 0.0949. The lowest BCUT2D eigenvalue weighted by Crippen LogP contribution is -2.40. The van der Waals surface area contributed by atoms with E-state index in [4.69, 9.17) is 0 Å². The minimum absolute atomic E-state index is 0.0296. The van der Waals surface area contributed by atoms with Crippen LogP contribution in [0.2, 0.25) is 0 Å². The number of amides is 1. The predicted octanol–water partition coefficient (Wildman–Crippen LogP) is 2.42. The molecule has 1 aromatic rings. The Labute approximate surface area is 103 Å².